The first kappa shape index (κ1) is 14.5. The van der Waals surface area contributed by atoms with E-state index in [1.165, 1.54) is 0 Å². The van der Waals surface area contributed by atoms with Gasteiger partial charge in [-0.25, -0.2) is 0 Å². The Morgan fingerprint density at radius 1 is 1.53 bits per heavy atom. The molecule has 1 aliphatic heterocycles. The van der Waals surface area contributed by atoms with Crippen LogP contribution < -0.4 is 5.32 Å². The van der Waals surface area contributed by atoms with Gasteiger partial charge < -0.3 is 20.3 Å². The van der Waals surface area contributed by atoms with E-state index >= 15 is 0 Å². The standard InChI is InChI=1S/C11H23BN2O3/c1-12(17)6-4-5-8-9(14(2)3)7-13-10(8)11(15)16/h8-10,13,17H,4-7H2,1-3H3,(H,15,16). The van der Waals surface area contributed by atoms with Crippen LogP contribution in [0, 0.1) is 5.92 Å². The molecule has 17 heavy (non-hydrogen) atoms. The molecule has 6 heteroatoms. The monoisotopic (exact) mass is 242 g/mol. The number of hydrogen-bond acceptors (Lipinski definition) is 4. The number of carboxylic acid groups (broad SMARTS) is 1. The molecule has 1 saturated heterocycles. The molecule has 0 saturated carbocycles. The first-order valence-corrected chi connectivity index (χ1v) is 6.24. The highest BCUT2D eigenvalue weighted by atomic mass is 16.4. The van der Waals surface area contributed by atoms with Crippen LogP contribution >= 0.6 is 0 Å². The van der Waals surface area contributed by atoms with Crippen LogP contribution in [0.15, 0.2) is 0 Å². The molecule has 3 atom stereocenters. The van der Waals surface area contributed by atoms with Crippen LogP contribution in [0.3, 0.4) is 0 Å². The second kappa shape index (κ2) is 6.38. The predicted molar refractivity (Wildman–Crippen MR) is 68.3 cm³/mol. The lowest BCUT2D eigenvalue weighted by atomic mass is 9.66. The van der Waals surface area contributed by atoms with E-state index in [0.29, 0.717) is 0 Å². The van der Waals surface area contributed by atoms with Gasteiger partial charge >= 0.3 is 5.97 Å². The molecular weight excluding hydrogens is 219 g/mol. The number of aliphatic carboxylic acids is 1. The molecule has 0 aromatic rings. The van der Waals surface area contributed by atoms with Crippen molar-refractivity contribution in [1.82, 2.24) is 10.2 Å². The highest BCUT2D eigenvalue weighted by molar-refractivity contribution is 6.48. The largest absolute Gasteiger partial charge is 0.480 e. The number of hydrogen-bond donors (Lipinski definition) is 3. The first-order valence-electron chi connectivity index (χ1n) is 6.24. The van der Waals surface area contributed by atoms with Crippen LogP contribution in [0.1, 0.15) is 12.8 Å². The van der Waals surface area contributed by atoms with Crippen LogP contribution in [0.4, 0.5) is 0 Å². The molecule has 3 N–H and O–H groups in total. The van der Waals surface area contributed by atoms with Gasteiger partial charge in [0.15, 0.2) is 0 Å². The molecule has 0 bridgehead atoms. The summed E-state index contributed by atoms with van der Waals surface area (Å²) < 4.78 is 0. The van der Waals surface area contributed by atoms with Crippen LogP contribution in [0.2, 0.25) is 13.1 Å². The highest BCUT2D eigenvalue weighted by Gasteiger charge is 2.40. The molecule has 0 aromatic heterocycles. The third-order valence-electron chi connectivity index (χ3n) is 3.56. The molecule has 1 fully saturated rings. The fraction of sp³-hybridized carbons (Fsp3) is 0.909. The molecular formula is C11H23BN2O3. The molecule has 0 radical (unpaired) electrons. The normalized spacial score (nSPS) is 28.6. The van der Waals surface area contributed by atoms with E-state index in [0.717, 1.165) is 25.7 Å². The van der Waals surface area contributed by atoms with Crippen molar-refractivity contribution in [3.8, 4) is 0 Å². The van der Waals surface area contributed by atoms with Crippen LogP contribution in [0.25, 0.3) is 0 Å². The summed E-state index contributed by atoms with van der Waals surface area (Å²) >= 11 is 0. The van der Waals surface area contributed by atoms with Gasteiger partial charge in [-0.2, -0.15) is 0 Å². The predicted octanol–water partition coefficient (Wildman–Crippen LogP) is -0.0170. The minimum atomic E-state index is -0.767. The number of carbonyl (C=O) groups is 1. The molecule has 5 nitrogen and oxygen atoms in total. The summed E-state index contributed by atoms with van der Waals surface area (Å²) in [7, 11) is 3.97. The third kappa shape index (κ3) is 3.98. The zero-order valence-electron chi connectivity index (χ0n) is 10.9. The average Bonchev–Trinajstić information content (AvgIpc) is 2.60. The number of carboxylic acids is 1. The van der Waals surface area contributed by atoms with Gasteiger partial charge in [-0.1, -0.05) is 13.2 Å². The Morgan fingerprint density at radius 2 is 2.18 bits per heavy atom. The van der Waals surface area contributed by atoms with Crippen molar-refractivity contribution < 1.29 is 14.9 Å². The summed E-state index contributed by atoms with van der Waals surface area (Å²) in [5, 5.41) is 21.5. The maximum atomic E-state index is 11.1. The average molecular weight is 242 g/mol. The van der Waals surface area contributed by atoms with Gasteiger partial charge in [0.25, 0.3) is 6.92 Å². The van der Waals surface area contributed by atoms with E-state index in [4.69, 9.17) is 5.11 Å². The van der Waals surface area contributed by atoms with Crippen LogP contribution in [-0.4, -0.2) is 60.6 Å². The number of nitrogens with zero attached hydrogens (tertiary/aromatic N) is 1. The summed E-state index contributed by atoms with van der Waals surface area (Å²) in [5.41, 5.74) is 0. The van der Waals surface area contributed by atoms with E-state index in [1.54, 1.807) is 6.82 Å². The van der Waals surface area contributed by atoms with Crippen molar-refractivity contribution in [3.63, 3.8) is 0 Å². The summed E-state index contributed by atoms with van der Waals surface area (Å²) in [5.74, 6) is -0.641. The second-order valence-corrected chi connectivity index (χ2v) is 5.20. The van der Waals surface area contributed by atoms with Gasteiger partial charge in [0.2, 0.25) is 0 Å². The Balaban J connectivity index is 2.56. The molecule has 1 heterocycles. The van der Waals surface area contributed by atoms with E-state index < -0.39 is 12.0 Å². The molecule has 98 valence electrons. The summed E-state index contributed by atoms with van der Waals surface area (Å²) in [6, 6.07) is -0.179. The summed E-state index contributed by atoms with van der Waals surface area (Å²) in [6.07, 6.45) is 2.46. The van der Waals surface area contributed by atoms with E-state index in [1.807, 2.05) is 14.1 Å². The molecule has 3 unspecified atom stereocenters. The molecule has 1 aliphatic rings. The minimum Gasteiger partial charge on any atom is -0.480 e. The lowest BCUT2D eigenvalue weighted by Crippen LogP contribution is -2.39. The fourth-order valence-corrected chi connectivity index (χ4v) is 2.62. The summed E-state index contributed by atoms with van der Waals surface area (Å²) in [6.45, 7) is 2.19. The van der Waals surface area contributed by atoms with Gasteiger partial charge in [0, 0.05) is 18.5 Å². The number of nitrogens with one attached hydrogen (secondary N) is 1. The molecule has 0 aromatic carbocycles. The number of likely N-dealkylation sites (N-methyl/N-ethyl adjacent to an activating group) is 1. The smallest absolute Gasteiger partial charge is 0.321 e. The van der Waals surface area contributed by atoms with E-state index in [2.05, 4.69) is 10.2 Å². The van der Waals surface area contributed by atoms with Gasteiger partial charge in [-0.15, -0.1) is 0 Å². The van der Waals surface area contributed by atoms with Gasteiger partial charge in [0.05, 0.1) is 0 Å². The Hall–Kier alpha value is -0.585. The zero-order valence-corrected chi connectivity index (χ0v) is 10.9. The number of rotatable bonds is 6. The van der Waals surface area contributed by atoms with Crippen molar-refractivity contribution in [2.45, 2.75) is 38.1 Å². The Labute approximate surface area is 103 Å². The molecule has 0 spiro atoms. The second-order valence-electron chi connectivity index (χ2n) is 5.20. The Morgan fingerprint density at radius 3 is 2.65 bits per heavy atom. The van der Waals surface area contributed by atoms with Crippen LogP contribution in [0.5, 0.6) is 0 Å². The maximum absolute atomic E-state index is 11.1. The van der Waals surface area contributed by atoms with Crippen molar-refractivity contribution in [3.05, 3.63) is 0 Å². The lowest BCUT2D eigenvalue weighted by Gasteiger charge is -2.27. The molecule has 1 rings (SSSR count). The Kier molecular flexibility index (Phi) is 5.43. The molecule has 0 amide bonds. The van der Waals surface area contributed by atoms with Crippen molar-refractivity contribution >= 4 is 12.9 Å². The third-order valence-corrected chi connectivity index (χ3v) is 3.56. The highest BCUT2D eigenvalue weighted by Crippen LogP contribution is 2.25. The zero-order chi connectivity index (χ0) is 13.0. The maximum Gasteiger partial charge on any atom is 0.321 e. The SMILES string of the molecule is CB(O)CCCC1C(C(=O)O)NCC1N(C)C. The van der Waals surface area contributed by atoms with Gasteiger partial charge in [-0.05, 0) is 26.8 Å². The van der Waals surface area contributed by atoms with Crippen molar-refractivity contribution in [2.75, 3.05) is 20.6 Å². The van der Waals surface area contributed by atoms with E-state index in [9.17, 15) is 9.82 Å². The van der Waals surface area contributed by atoms with Gasteiger partial charge in [0.1, 0.15) is 6.04 Å². The Bertz CT molecular complexity index is 261. The summed E-state index contributed by atoms with van der Waals surface area (Å²) in [4.78, 5) is 13.2. The quantitative estimate of drug-likeness (QED) is 0.571. The topological polar surface area (TPSA) is 72.8 Å². The van der Waals surface area contributed by atoms with Crippen LogP contribution in [-0.2, 0) is 4.79 Å². The van der Waals surface area contributed by atoms with Crippen molar-refractivity contribution in [2.24, 2.45) is 5.92 Å². The first-order chi connectivity index (χ1) is 7.93. The van der Waals surface area contributed by atoms with E-state index in [-0.39, 0.29) is 18.9 Å². The van der Waals surface area contributed by atoms with Gasteiger partial charge in [-0.3, -0.25) is 4.79 Å². The minimum absolute atomic E-state index is 0.126. The van der Waals surface area contributed by atoms with Crippen molar-refractivity contribution in [1.29, 1.82) is 0 Å². The fourth-order valence-electron chi connectivity index (χ4n) is 2.62. The lowest BCUT2D eigenvalue weighted by molar-refractivity contribution is -0.140. The molecule has 0 aliphatic carbocycles.